The van der Waals surface area contributed by atoms with Gasteiger partial charge in [0.25, 0.3) is 0 Å². The molecule has 0 spiro atoms. The Morgan fingerprint density at radius 1 is 0.287 bits per heavy atom. The molecule has 558 valence electrons. The minimum atomic E-state index is -4.96. The van der Waals surface area contributed by atoms with Crippen LogP contribution in [0.15, 0.2) is 0 Å². The predicted molar refractivity (Wildman–Crippen MR) is 381 cm³/mol. The SMILES string of the molecule is CCCCCCCCCCCCCCCCCCC(=O)O[C@H](COC(=O)CCCCCCCCCCCCC(C)C)COP(=O)(O)OC[C@@H](O)COP(=O)(O)OC[C@@H](COC(=O)CCCCCCCCCCCC(C)C)OC(=O)CCCCCCCCCCCCCCC. The van der Waals surface area contributed by atoms with Crippen molar-refractivity contribution in [1.82, 2.24) is 0 Å². The molecule has 0 amide bonds. The third kappa shape index (κ3) is 68.6. The zero-order valence-electron chi connectivity index (χ0n) is 61.3. The molecule has 94 heavy (non-hydrogen) atoms. The number of aliphatic hydroxyl groups is 1. The van der Waals surface area contributed by atoms with Crippen LogP contribution >= 0.6 is 15.6 Å². The molecule has 0 heterocycles. The molecule has 0 aliphatic carbocycles. The maximum Gasteiger partial charge on any atom is 0.472 e. The lowest BCUT2D eigenvalue weighted by atomic mass is 10.0. The molecule has 0 aliphatic heterocycles. The van der Waals surface area contributed by atoms with Crippen molar-refractivity contribution in [2.24, 2.45) is 11.8 Å². The second-order valence-corrected chi connectivity index (χ2v) is 30.9. The fraction of sp³-hybridized carbons (Fsp3) is 0.947. The van der Waals surface area contributed by atoms with Crippen LogP contribution in [0.2, 0.25) is 0 Å². The van der Waals surface area contributed by atoms with E-state index in [1.807, 2.05) is 0 Å². The summed E-state index contributed by atoms with van der Waals surface area (Å²) < 4.78 is 68.5. The van der Waals surface area contributed by atoms with Crippen LogP contribution in [-0.4, -0.2) is 96.7 Å². The van der Waals surface area contributed by atoms with E-state index < -0.39 is 97.5 Å². The van der Waals surface area contributed by atoms with Crippen LogP contribution in [0.25, 0.3) is 0 Å². The number of esters is 4. The molecular formula is C75H146O17P2. The summed E-state index contributed by atoms with van der Waals surface area (Å²) in [5, 5.41) is 10.6. The predicted octanol–water partition coefficient (Wildman–Crippen LogP) is 21.9. The van der Waals surface area contributed by atoms with E-state index in [4.69, 9.17) is 37.0 Å². The Labute approximate surface area is 575 Å². The van der Waals surface area contributed by atoms with E-state index in [-0.39, 0.29) is 25.7 Å². The van der Waals surface area contributed by atoms with Crippen LogP contribution in [0.1, 0.15) is 388 Å². The van der Waals surface area contributed by atoms with Gasteiger partial charge in [-0.3, -0.25) is 37.3 Å². The second kappa shape index (κ2) is 66.9. The number of phosphoric acid groups is 2. The summed E-state index contributed by atoms with van der Waals surface area (Å²) in [4.78, 5) is 72.8. The van der Waals surface area contributed by atoms with Crippen LogP contribution in [0.5, 0.6) is 0 Å². The molecular weight excluding hydrogens is 1230 g/mol. The van der Waals surface area contributed by atoms with Crippen LogP contribution in [0.4, 0.5) is 0 Å². The largest absolute Gasteiger partial charge is 0.472 e. The Morgan fingerprint density at radius 2 is 0.489 bits per heavy atom. The molecule has 0 saturated carbocycles. The van der Waals surface area contributed by atoms with E-state index in [1.165, 1.54) is 205 Å². The Morgan fingerprint density at radius 3 is 0.723 bits per heavy atom. The van der Waals surface area contributed by atoms with Gasteiger partial charge < -0.3 is 33.8 Å². The van der Waals surface area contributed by atoms with Crippen molar-refractivity contribution in [3.63, 3.8) is 0 Å². The summed E-state index contributed by atoms with van der Waals surface area (Å²) in [6.07, 6.45) is 54.0. The van der Waals surface area contributed by atoms with Gasteiger partial charge in [-0.05, 0) is 37.5 Å². The van der Waals surface area contributed by atoms with Gasteiger partial charge in [0, 0.05) is 25.7 Å². The van der Waals surface area contributed by atoms with Gasteiger partial charge in [0.1, 0.15) is 19.3 Å². The van der Waals surface area contributed by atoms with Crippen LogP contribution < -0.4 is 0 Å². The van der Waals surface area contributed by atoms with E-state index in [1.54, 1.807) is 0 Å². The molecule has 19 heteroatoms. The van der Waals surface area contributed by atoms with E-state index in [9.17, 15) is 43.2 Å². The van der Waals surface area contributed by atoms with Crippen molar-refractivity contribution in [3.05, 3.63) is 0 Å². The topological polar surface area (TPSA) is 237 Å². The molecule has 0 aliphatic rings. The highest BCUT2D eigenvalue weighted by molar-refractivity contribution is 7.47. The normalized spacial score (nSPS) is 14.0. The van der Waals surface area contributed by atoms with E-state index in [0.29, 0.717) is 25.7 Å². The fourth-order valence-corrected chi connectivity index (χ4v) is 13.1. The van der Waals surface area contributed by atoms with Gasteiger partial charge in [0.2, 0.25) is 0 Å². The highest BCUT2D eigenvalue weighted by Gasteiger charge is 2.30. The average molecular weight is 1380 g/mol. The molecule has 0 aromatic carbocycles. The smallest absolute Gasteiger partial charge is 0.462 e. The van der Waals surface area contributed by atoms with Gasteiger partial charge in [0.05, 0.1) is 26.4 Å². The van der Waals surface area contributed by atoms with E-state index >= 15 is 0 Å². The zero-order chi connectivity index (χ0) is 69.3. The fourth-order valence-electron chi connectivity index (χ4n) is 11.5. The third-order valence-corrected chi connectivity index (χ3v) is 19.4. The summed E-state index contributed by atoms with van der Waals surface area (Å²) in [5.74, 6) is -0.612. The maximum atomic E-state index is 13.1. The summed E-state index contributed by atoms with van der Waals surface area (Å²) in [6.45, 7) is 9.57. The first kappa shape index (κ1) is 92.1. The third-order valence-electron chi connectivity index (χ3n) is 17.5. The number of hydrogen-bond acceptors (Lipinski definition) is 15. The summed E-state index contributed by atoms with van der Waals surface area (Å²) in [5.41, 5.74) is 0. The molecule has 0 bridgehead atoms. The average Bonchev–Trinajstić information content (AvgIpc) is 1.17. The lowest BCUT2D eigenvalue weighted by Crippen LogP contribution is -2.30. The lowest BCUT2D eigenvalue weighted by Gasteiger charge is -2.21. The maximum absolute atomic E-state index is 13.1. The number of ether oxygens (including phenoxy) is 4. The van der Waals surface area contributed by atoms with Crippen molar-refractivity contribution in [3.8, 4) is 0 Å². The molecule has 2 unspecified atom stereocenters. The van der Waals surface area contributed by atoms with Crippen molar-refractivity contribution in [1.29, 1.82) is 0 Å². The minimum Gasteiger partial charge on any atom is -0.462 e. The van der Waals surface area contributed by atoms with Crippen LogP contribution in [-0.2, 0) is 65.4 Å². The van der Waals surface area contributed by atoms with Crippen molar-refractivity contribution in [2.75, 3.05) is 39.6 Å². The van der Waals surface area contributed by atoms with Gasteiger partial charge in [-0.25, -0.2) is 9.13 Å². The van der Waals surface area contributed by atoms with Gasteiger partial charge in [0.15, 0.2) is 12.2 Å². The van der Waals surface area contributed by atoms with Crippen LogP contribution in [0, 0.1) is 11.8 Å². The number of unbranched alkanes of at least 4 members (excludes halogenated alkanes) is 44. The minimum absolute atomic E-state index is 0.107. The highest BCUT2D eigenvalue weighted by atomic mass is 31.2. The Kier molecular flexibility index (Phi) is 65.5. The zero-order valence-corrected chi connectivity index (χ0v) is 63.1. The Balaban J connectivity index is 5.26. The molecule has 17 nitrogen and oxygen atoms in total. The molecule has 0 saturated heterocycles. The van der Waals surface area contributed by atoms with E-state index in [2.05, 4.69) is 41.5 Å². The first-order valence-corrected chi connectivity index (χ1v) is 42.0. The number of aliphatic hydroxyl groups excluding tert-OH is 1. The standard InChI is InChI=1S/C75H146O17P2/c1-7-9-11-13-15-17-19-21-22-23-25-27-35-42-48-54-60-75(80)91-70(63-85-72(77)57-51-45-39-33-29-28-31-37-43-49-55-67(3)4)65-89-93(81,82)87-61-69(76)62-88-94(83,84)90-66-71(64-86-73(78)58-52-46-40-36-30-32-38-44-50-56-68(5)6)92-74(79)59-53-47-41-34-26-24-20-18-16-14-12-10-8-2/h67-71,76H,7-66H2,1-6H3,(H,81,82)(H,83,84)/t69-,70-,71-/m1/s1. The van der Waals surface area contributed by atoms with Gasteiger partial charge in [-0.15, -0.1) is 0 Å². The Hall–Kier alpha value is -1.94. The highest BCUT2D eigenvalue weighted by Crippen LogP contribution is 2.45. The quantitative estimate of drug-likeness (QED) is 0.0222. The first-order chi connectivity index (χ1) is 45.4. The summed E-state index contributed by atoms with van der Waals surface area (Å²) >= 11 is 0. The monoisotopic (exact) mass is 1380 g/mol. The second-order valence-electron chi connectivity index (χ2n) is 28.0. The molecule has 0 aromatic heterocycles. The molecule has 0 radical (unpaired) electrons. The number of hydrogen-bond donors (Lipinski definition) is 3. The molecule has 5 atom stereocenters. The summed E-state index contributed by atoms with van der Waals surface area (Å²) in [6, 6.07) is 0. The number of rotatable bonds is 74. The molecule has 0 aromatic rings. The van der Waals surface area contributed by atoms with Crippen molar-refractivity contribution in [2.45, 2.75) is 407 Å². The van der Waals surface area contributed by atoms with Gasteiger partial charge in [-0.2, -0.15) is 0 Å². The molecule has 0 fully saturated rings. The van der Waals surface area contributed by atoms with Crippen molar-refractivity contribution < 1.29 is 80.2 Å². The van der Waals surface area contributed by atoms with Gasteiger partial charge in [-0.1, -0.05) is 337 Å². The van der Waals surface area contributed by atoms with Gasteiger partial charge >= 0.3 is 39.5 Å². The molecule has 0 rings (SSSR count). The number of carbonyl (C=O) groups excluding carboxylic acids is 4. The van der Waals surface area contributed by atoms with E-state index in [0.717, 1.165) is 102 Å². The van der Waals surface area contributed by atoms with Crippen LogP contribution in [0.3, 0.4) is 0 Å². The number of carbonyl (C=O) groups is 4. The Bertz CT molecular complexity index is 1820. The number of phosphoric ester groups is 2. The lowest BCUT2D eigenvalue weighted by molar-refractivity contribution is -0.161. The first-order valence-electron chi connectivity index (χ1n) is 39.0. The summed E-state index contributed by atoms with van der Waals surface area (Å²) in [7, 11) is -9.91. The van der Waals surface area contributed by atoms with Crippen molar-refractivity contribution >= 4 is 39.5 Å². The molecule has 3 N–H and O–H groups in total.